The average molecular weight is 610 g/mol. The van der Waals surface area contributed by atoms with Crippen molar-refractivity contribution in [1.82, 2.24) is 14.5 Å². The first kappa shape index (κ1) is 25.0. The molecule has 0 radical (unpaired) electrons. The molecule has 4 aromatic heterocycles. The Hall–Kier alpha value is -5.36. The second kappa shape index (κ2) is 9.57. The van der Waals surface area contributed by atoms with Crippen LogP contribution < -0.4 is 0 Å². The molecule has 0 unspecified atom stereocenters. The zero-order chi connectivity index (χ0) is 29.5. The van der Waals surface area contributed by atoms with Crippen LogP contribution in [0.15, 0.2) is 140 Å². The minimum atomic E-state index is 0.750. The van der Waals surface area contributed by atoms with Crippen LogP contribution in [0.3, 0.4) is 0 Å². The summed E-state index contributed by atoms with van der Waals surface area (Å²) in [6, 6.07) is 49.9. The van der Waals surface area contributed by atoms with Crippen molar-refractivity contribution >= 4 is 85.0 Å². The lowest BCUT2D eigenvalue weighted by atomic mass is 10.1. The van der Waals surface area contributed by atoms with Crippen LogP contribution in [0.5, 0.6) is 0 Å². The highest BCUT2D eigenvalue weighted by atomic mass is 32.1. The van der Waals surface area contributed by atoms with Gasteiger partial charge >= 0.3 is 0 Å². The summed E-state index contributed by atoms with van der Waals surface area (Å²) in [7, 11) is 0. The van der Waals surface area contributed by atoms with Gasteiger partial charge in [0.1, 0.15) is 0 Å². The largest absolute Gasteiger partial charge is 0.309 e. The Morgan fingerprint density at radius 2 is 1.16 bits per heavy atom. The zero-order valence-electron chi connectivity index (χ0n) is 23.9. The highest BCUT2D eigenvalue weighted by molar-refractivity contribution is 7.26. The van der Waals surface area contributed by atoms with Gasteiger partial charge in [0, 0.05) is 57.8 Å². The molecule has 0 amide bonds. The Balaban J connectivity index is 1.23. The summed E-state index contributed by atoms with van der Waals surface area (Å²) in [5, 5.41) is 6.35. The van der Waals surface area contributed by atoms with Crippen LogP contribution in [0.4, 0.5) is 0 Å². The second-order valence-electron chi connectivity index (χ2n) is 11.4. The van der Waals surface area contributed by atoms with Crippen molar-refractivity contribution in [3.05, 3.63) is 140 Å². The topological polar surface area (TPSA) is 30.7 Å². The Labute approximate surface area is 266 Å². The van der Waals surface area contributed by atoms with E-state index in [0.29, 0.717) is 0 Å². The van der Waals surface area contributed by atoms with Crippen LogP contribution in [0.25, 0.3) is 90.6 Å². The first-order valence-electron chi connectivity index (χ1n) is 15.0. The van der Waals surface area contributed by atoms with E-state index in [4.69, 9.17) is 9.97 Å². The van der Waals surface area contributed by atoms with Gasteiger partial charge in [0.2, 0.25) is 0 Å². The van der Waals surface area contributed by atoms with Gasteiger partial charge in [-0.25, -0.2) is 9.97 Å². The Kier molecular flexibility index (Phi) is 5.32. The quantitative estimate of drug-likeness (QED) is 0.199. The van der Waals surface area contributed by atoms with Crippen LogP contribution in [0.1, 0.15) is 0 Å². The van der Waals surface area contributed by atoms with E-state index in [2.05, 4.69) is 126 Å². The molecule has 0 saturated carbocycles. The predicted octanol–water partition coefficient (Wildman–Crippen LogP) is 11.6. The molecule has 6 aromatic carbocycles. The van der Waals surface area contributed by atoms with Crippen molar-refractivity contribution < 1.29 is 0 Å². The molecule has 0 aliphatic heterocycles. The molecule has 0 atom stereocenters. The molecule has 0 spiro atoms. The first-order valence-corrected chi connectivity index (χ1v) is 16.6. The van der Waals surface area contributed by atoms with Crippen molar-refractivity contribution in [2.24, 2.45) is 0 Å². The molecule has 4 heterocycles. The van der Waals surface area contributed by atoms with E-state index < -0.39 is 0 Å². The van der Waals surface area contributed by atoms with Crippen LogP contribution in [0, 0.1) is 0 Å². The van der Waals surface area contributed by atoms with Crippen molar-refractivity contribution in [1.29, 1.82) is 0 Å². The van der Waals surface area contributed by atoms with Gasteiger partial charge in [-0.05, 0) is 36.4 Å². The number of hydrogen-bond acceptors (Lipinski definition) is 4. The van der Waals surface area contributed by atoms with Gasteiger partial charge in [0.15, 0.2) is 5.82 Å². The lowest BCUT2D eigenvalue weighted by molar-refractivity contribution is 1.18. The molecule has 0 bridgehead atoms. The van der Waals surface area contributed by atoms with E-state index in [1.54, 1.807) is 11.3 Å². The van der Waals surface area contributed by atoms with Gasteiger partial charge in [-0.15, -0.1) is 22.7 Å². The summed E-state index contributed by atoms with van der Waals surface area (Å²) >= 11 is 3.63. The maximum Gasteiger partial charge on any atom is 0.160 e. The zero-order valence-corrected chi connectivity index (χ0v) is 25.6. The van der Waals surface area contributed by atoms with Crippen LogP contribution >= 0.6 is 22.7 Å². The first-order chi connectivity index (χ1) is 22.3. The van der Waals surface area contributed by atoms with E-state index in [1.807, 2.05) is 29.5 Å². The summed E-state index contributed by atoms with van der Waals surface area (Å²) < 4.78 is 7.41. The summed E-state index contributed by atoms with van der Waals surface area (Å²) in [6.07, 6.45) is 0. The summed E-state index contributed by atoms with van der Waals surface area (Å²) in [6.45, 7) is 0. The number of nitrogens with zero attached hydrogens (tertiary/aromatic N) is 3. The molecule has 0 N–H and O–H groups in total. The van der Waals surface area contributed by atoms with Crippen molar-refractivity contribution in [3.8, 4) is 28.3 Å². The van der Waals surface area contributed by atoms with Gasteiger partial charge in [-0.1, -0.05) is 103 Å². The summed E-state index contributed by atoms with van der Waals surface area (Å²) in [4.78, 5) is 10.3. The van der Waals surface area contributed by atoms with Gasteiger partial charge in [0.05, 0.1) is 26.9 Å². The smallest absolute Gasteiger partial charge is 0.160 e. The molecular weight excluding hydrogens is 587 g/mol. The number of benzene rings is 6. The number of hydrogen-bond donors (Lipinski definition) is 0. The summed E-state index contributed by atoms with van der Waals surface area (Å²) in [5.41, 5.74) is 7.70. The number of thiophene rings is 2. The van der Waals surface area contributed by atoms with Gasteiger partial charge in [0.25, 0.3) is 0 Å². The molecule has 10 aromatic rings. The molecule has 0 fully saturated rings. The van der Waals surface area contributed by atoms with Crippen molar-refractivity contribution in [2.45, 2.75) is 0 Å². The van der Waals surface area contributed by atoms with E-state index in [1.165, 1.54) is 52.1 Å². The monoisotopic (exact) mass is 609 g/mol. The average Bonchev–Trinajstić information content (AvgIpc) is 3.78. The van der Waals surface area contributed by atoms with Crippen LogP contribution in [0.2, 0.25) is 0 Å². The minimum absolute atomic E-state index is 0.750. The molecule has 210 valence electrons. The molecule has 0 saturated heterocycles. The fraction of sp³-hybridized carbons (Fsp3) is 0. The Morgan fingerprint density at radius 1 is 0.467 bits per heavy atom. The van der Waals surface area contributed by atoms with Crippen molar-refractivity contribution in [3.63, 3.8) is 0 Å². The highest BCUT2D eigenvalue weighted by Crippen LogP contribution is 2.44. The van der Waals surface area contributed by atoms with E-state index in [-0.39, 0.29) is 0 Å². The molecule has 3 nitrogen and oxygen atoms in total. The van der Waals surface area contributed by atoms with E-state index >= 15 is 0 Å². The SMILES string of the molecule is c1ccc(-c2nc(-c3ccc(-n4c5ccccc5c5ccc6sc7ccccc7c6c54)cc3)c3sc4ccccc4c3n2)cc1. The minimum Gasteiger partial charge on any atom is -0.309 e. The van der Waals surface area contributed by atoms with Crippen LogP contribution in [-0.2, 0) is 0 Å². The fourth-order valence-electron chi connectivity index (χ4n) is 6.80. The van der Waals surface area contributed by atoms with Gasteiger partial charge < -0.3 is 4.57 Å². The highest BCUT2D eigenvalue weighted by Gasteiger charge is 2.19. The third-order valence-corrected chi connectivity index (χ3v) is 11.1. The number of para-hydroxylation sites is 1. The maximum atomic E-state index is 5.19. The molecular formula is C40H23N3S2. The molecule has 0 aliphatic carbocycles. The second-order valence-corrected chi connectivity index (χ2v) is 13.5. The molecule has 45 heavy (non-hydrogen) atoms. The molecule has 10 rings (SSSR count). The maximum absolute atomic E-state index is 5.19. The van der Waals surface area contributed by atoms with Gasteiger partial charge in [-0.2, -0.15) is 0 Å². The predicted molar refractivity (Wildman–Crippen MR) is 193 cm³/mol. The molecule has 5 heteroatoms. The van der Waals surface area contributed by atoms with Crippen molar-refractivity contribution in [2.75, 3.05) is 0 Å². The Morgan fingerprint density at radius 3 is 1.98 bits per heavy atom. The fourth-order valence-corrected chi connectivity index (χ4v) is 9.07. The third kappa shape index (κ3) is 3.69. The summed E-state index contributed by atoms with van der Waals surface area (Å²) in [5.74, 6) is 0.750. The Bertz CT molecular complexity index is 2750. The van der Waals surface area contributed by atoms with Gasteiger partial charge in [-0.3, -0.25) is 0 Å². The molecule has 0 aliphatic rings. The lowest BCUT2D eigenvalue weighted by Gasteiger charge is -2.11. The number of fused-ring (bicyclic) bond motifs is 10. The van der Waals surface area contributed by atoms with Crippen LogP contribution in [-0.4, -0.2) is 14.5 Å². The number of rotatable bonds is 3. The standard InChI is InChI=1S/C40H23N3S2/c1-2-10-25(11-3-1)40-41-36(39-37(42-40)30-14-6-9-17-33(30)45-39)24-18-20-26(21-19-24)43-31-15-7-4-12-27(31)28-22-23-34-35(38(28)43)29-13-5-8-16-32(29)44-34/h1-23H. The normalized spacial score (nSPS) is 12.0. The third-order valence-electron chi connectivity index (χ3n) is 8.83. The van der Waals surface area contributed by atoms with E-state index in [0.717, 1.165) is 38.5 Å². The number of aromatic nitrogens is 3. The van der Waals surface area contributed by atoms with E-state index in [9.17, 15) is 0 Å². The lowest BCUT2D eigenvalue weighted by Crippen LogP contribution is -1.96.